The summed E-state index contributed by atoms with van der Waals surface area (Å²) in [6.07, 6.45) is 0.210. The highest BCUT2D eigenvalue weighted by Gasteiger charge is 2.09. The third-order valence-corrected chi connectivity index (χ3v) is 3.56. The Morgan fingerprint density at radius 2 is 1.93 bits per heavy atom. The van der Waals surface area contributed by atoms with Gasteiger partial charge >= 0.3 is 0 Å². The number of ether oxygens (including phenoxy) is 1. The number of nitrogen functional groups attached to an aromatic ring is 1. The Morgan fingerprint density at radius 3 is 2.59 bits per heavy atom. The molecule has 0 saturated heterocycles. The van der Waals surface area contributed by atoms with Crippen LogP contribution in [0.5, 0.6) is 5.75 Å². The highest BCUT2D eigenvalue weighted by atomic mass is 16.5. The van der Waals surface area contributed by atoms with Crippen molar-refractivity contribution in [1.82, 2.24) is 4.98 Å². The van der Waals surface area contributed by atoms with E-state index in [4.69, 9.17) is 16.2 Å². The molecule has 0 spiro atoms. The van der Waals surface area contributed by atoms with Gasteiger partial charge in [0, 0.05) is 18.9 Å². The van der Waals surface area contributed by atoms with Crippen LogP contribution in [-0.4, -0.2) is 17.4 Å². The monoisotopic (exact) mass is 368 g/mol. The first kappa shape index (κ1) is 20.1. The lowest BCUT2D eigenvalue weighted by Gasteiger charge is -2.12. The molecule has 0 fully saturated rings. The van der Waals surface area contributed by atoms with Crippen molar-refractivity contribution in [3.8, 4) is 5.75 Å². The fourth-order valence-electron chi connectivity index (χ4n) is 1.95. The normalized spacial score (nSPS) is 11.0. The predicted molar refractivity (Wildman–Crippen MR) is 106 cm³/mol. The van der Waals surface area contributed by atoms with E-state index in [9.17, 15) is 4.79 Å². The van der Waals surface area contributed by atoms with Crippen LogP contribution in [-0.2, 0) is 4.79 Å². The Hall–Kier alpha value is -3.26. The number of carbonyl (C=O) groups is 1. The Kier molecular flexibility index (Phi) is 7.01. The van der Waals surface area contributed by atoms with Gasteiger partial charge in [-0.15, -0.1) is 10.2 Å². The molecule has 0 bridgehead atoms. The van der Waals surface area contributed by atoms with Gasteiger partial charge in [0.2, 0.25) is 5.91 Å². The molecule has 1 aromatic carbocycles. The molecule has 8 nitrogen and oxygen atoms in total. The number of anilines is 2. The Labute approximate surface area is 158 Å². The summed E-state index contributed by atoms with van der Waals surface area (Å²) in [6.45, 7) is 8.15. The summed E-state index contributed by atoms with van der Waals surface area (Å²) < 4.78 is 5.76. The number of benzene rings is 1. The van der Waals surface area contributed by atoms with Crippen LogP contribution in [0.1, 0.15) is 20.3 Å². The maximum Gasteiger partial charge on any atom is 0.226 e. The first-order chi connectivity index (χ1) is 12.9. The molecule has 0 aliphatic carbocycles. The smallest absolute Gasteiger partial charge is 0.226 e. The minimum absolute atomic E-state index is 0.147. The molecule has 0 saturated carbocycles. The standard InChI is InChI=1S/C19H24N6O2/c1-12(2)13(3)27-16-7-5-4-6-14(16)24-25-15-8-9-17(23-19(15)21)22-18(26)10-11-20/h4-9,12H,3,10-11,20H2,1-2H3,(H3,21,22,23,26)/b25-24+. The van der Waals surface area contributed by atoms with Gasteiger partial charge in [0.1, 0.15) is 17.2 Å². The third-order valence-electron chi connectivity index (χ3n) is 3.56. The third kappa shape index (κ3) is 5.89. The molecule has 0 atom stereocenters. The minimum atomic E-state index is -0.227. The number of nitrogens with one attached hydrogen (secondary N) is 1. The summed E-state index contributed by atoms with van der Waals surface area (Å²) in [7, 11) is 0. The number of pyridine rings is 1. The van der Waals surface area contributed by atoms with Crippen molar-refractivity contribution >= 4 is 28.9 Å². The number of aromatic nitrogens is 1. The molecule has 2 rings (SSSR count). The molecule has 2 aromatic rings. The lowest BCUT2D eigenvalue weighted by atomic mass is 10.2. The van der Waals surface area contributed by atoms with E-state index in [1.165, 1.54) is 0 Å². The molecule has 0 aliphatic heterocycles. The molecule has 8 heteroatoms. The van der Waals surface area contributed by atoms with Crippen molar-refractivity contribution in [1.29, 1.82) is 0 Å². The van der Waals surface area contributed by atoms with Gasteiger partial charge in [0.25, 0.3) is 0 Å². The number of amides is 1. The van der Waals surface area contributed by atoms with Gasteiger partial charge in [-0.05, 0) is 24.3 Å². The summed E-state index contributed by atoms with van der Waals surface area (Å²) >= 11 is 0. The first-order valence-electron chi connectivity index (χ1n) is 8.54. The van der Waals surface area contributed by atoms with Crippen LogP contribution in [0.4, 0.5) is 23.0 Å². The zero-order chi connectivity index (χ0) is 19.8. The number of hydrogen-bond donors (Lipinski definition) is 3. The second-order valence-corrected chi connectivity index (χ2v) is 6.08. The summed E-state index contributed by atoms with van der Waals surface area (Å²) in [5.41, 5.74) is 12.2. The van der Waals surface area contributed by atoms with Crippen molar-refractivity contribution in [2.24, 2.45) is 21.9 Å². The molecular formula is C19H24N6O2. The van der Waals surface area contributed by atoms with Gasteiger partial charge in [0.15, 0.2) is 11.6 Å². The summed E-state index contributed by atoms with van der Waals surface area (Å²) in [5, 5.41) is 11.0. The molecule has 1 amide bonds. The highest BCUT2D eigenvalue weighted by Crippen LogP contribution is 2.32. The van der Waals surface area contributed by atoms with Gasteiger partial charge in [0.05, 0.1) is 5.76 Å². The van der Waals surface area contributed by atoms with Crippen LogP contribution in [0.2, 0.25) is 0 Å². The van der Waals surface area contributed by atoms with E-state index < -0.39 is 0 Å². The van der Waals surface area contributed by atoms with Crippen LogP contribution in [0, 0.1) is 5.92 Å². The van der Waals surface area contributed by atoms with Crippen LogP contribution in [0.3, 0.4) is 0 Å². The molecule has 27 heavy (non-hydrogen) atoms. The second-order valence-electron chi connectivity index (χ2n) is 6.08. The summed E-state index contributed by atoms with van der Waals surface area (Å²) in [6, 6.07) is 10.5. The van der Waals surface area contributed by atoms with Crippen LogP contribution in [0.25, 0.3) is 0 Å². The topological polar surface area (TPSA) is 128 Å². The molecule has 1 heterocycles. The van der Waals surface area contributed by atoms with Crippen LogP contribution < -0.4 is 21.5 Å². The number of rotatable bonds is 8. The quantitative estimate of drug-likeness (QED) is 0.480. The average molecular weight is 368 g/mol. The SMILES string of the molecule is C=C(Oc1ccccc1/N=N/c1ccc(NC(=O)CCN)nc1N)C(C)C. The van der Waals surface area contributed by atoms with E-state index in [0.29, 0.717) is 28.7 Å². The maximum atomic E-state index is 11.6. The molecule has 142 valence electrons. The zero-order valence-electron chi connectivity index (χ0n) is 15.5. The van der Waals surface area contributed by atoms with Crippen molar-refractivity contribution in [2.45, 2.75) is 20.3 Å². The van der Waals surface area contributed by atoms with E-state index in [2.05, 4.69) is 27.1 Å². The van der Waals surface area contributed by atoms with E-state index >= 15 is 0 Å². The van der Waals surface area contributed by atoms with Gasteiger partial charge in [-0.25, -0.2) is 4.98 Å². The van der Waals surface area contributed by atoms with Gasteiger partial charge in [-0.1, -0.05) is 32.6 Å². The minimum Gasteiger partial charge on any atom is -0.460 e. The van der Waals surface area contributed by atoms with E-state index in [0.717, 1.165) is 0 Å². The Balaban J connectivity index is 2.16. The van der Waals surface area contributed by atoms with Crippen molar-refractivity contribution in [2.75, 3.05) is 17.6 Å². The van der Waals surface area contributed by atoms with Gasteiger partial charge < -0.3 is 21.5 Å². The lowest BCUT2D eigenvalue weighted by Crippen LogP contribution is -2.17. The second kappa shape index (κ2) is 9.44. The average Bonchev–Trinajstić information content (AvgIpc) is 2.62. The molecule has 0 unspecified atom stereocenters. The predicted octanol–water partition coefficient (Wildman–Crippen LogP) is 3.92. The molecular weight excluding hydrogens is 344 g/mol. The Bertz CT molecular complexity index is 848. The van der Waals surface area contributed by atoms with Gasteiger partial charge in [-0.3, -0.25) is 4.79 Å². The lowest BCUT2D eigenvalue weighted by molar-refractivity contribution is -0.116. The fraction of sp³-hybridized carbons (Fsp3) is 0.263. The largest absolute Gasteiger partial charge is 0.460 e. The van der Waals surface area contributed by atoms with Crippen LogP contribution in [0.15, 0.2) is 59.0 Å². The summed E-state index contributed by atoms with van der Waals surface area (Å²) in [5.74, 6) is 1.62. The van der Waals surface area contributed by atoms with Gasteiger partial charge in [-0.2, -0.15) is 0 Å². The first-order valence-corrected chi connectivity index (χ1v) is 8.54. The number of nitrogens with zero attached hydrogens (tertiary/aromatic N) is 3. The molecule has 5 N–H and O–H groups in total. The molecule has 0 aliphatic rings. The Morgan fingerprint density at radius 1 is 1.22 bits per heavy atom. The number of nitrogens with two attached hydrogens (primary N) is 2. The molecule has 1 aromatic heterocycles. The van der Waals surface area contributed by atoms with E-state index in [1.807, 2.05) is 26.0 Å². The van der Waals surface area contributed by atoms with Crippen molar-refractivity contribution < 1.29 is 9.53 Å². The zero-order valence-corrected chi connectivity index (χ0v) is 15.5. The summed E-state index contributed by atoms with van der Waals surface area (Å²) in [4.78, 5) is 15.7. The highest BCUT2D eigenvalue weighted by molar-refractivity contribution is 5.90. The number of carbonyl (C=O) groups excluding carboxylic acids is 1. The van der Waals surface area contributed by atoms with Crippen LogP contribution >= 0.6 is 0 Å². The molecule has 0 radical (unpaired) electrons. The number of azo groups is 1. The van der Waals surface area contributed by atoms with Crippen molar-refractivity contribution in [3.63, 3.8) is 0 Å². The number of allylic oxidation sites excluding steroid dienone is 1. The number of para-hydroxylation sites is 1. The maximum absolute atomic E-state index is 11.6. The number of hydrogen-bond acceptors (Lipinski definition) is 7. The fourth-order valence-corrected chi connectivity index (χ4v) is 1.95. The van der Waals surface area contributed by atoms with E-state index in [-0.39, 0.29) is 30.6 Å². The van der Waals surface area contributed by atoms with E-state index in [1.54, 1.807) is 24.3 Å². The van der Waals surface area contributed by atoms with Crippen molar-refractivity contribution in [3.05, 3.63) is 48.7 Å².